The summed E-state index contributed by atoms with van der Waals surface area (Å²) in [5, 5.41) is 5.93. The van der Waals surface area contributed by atoms with Crippen LogP contribution in [0, 0.1) is 29.5 Å². The Kier molecular flexibility index (Phi) is 2.53. The van der Waals surface area contributed by atoms with Gasteiger partial charge in [-0.1, -0.05) is 0 Å². The van der Waals surface area contributed by atoms with Crippen molar-refractivity contribution in [2.45, 2.75) is 25.3 Å². The van der Waals surface area contributed by atoms with Gasteiger partial charge in [0.2, 0.25) is 0 Å². The van der Waals surface area contributed by atoms with Gasteiger partial charge in [-0.05, 0) is 49.0 Å². The highest BCUT2D eigenvalue weighted by atomic mass is 19.1. The van der Waals surface area contributed by atoms with Crippen molar-refractivity contribution in [3.8, 4) is 0 Å². The molecule has 0 aliphatic heterocycles. The summed E-state index contributed by atoms with van der Waals surface area (Å²) in [6.07, 6.45) is 5.11. The second-order valence-corrected chi connectivity index (χ2v) is 6.29. The lowest BCUT2D eigenvalue weighted by Crippen LogP contribution is -2.30. The van der Waals surface area contributed by atoms with Crippen LogP contribution in [0.2, 0.25) is 0 Å². The van der Waals surface area contributed by atoms with Crippen LogP contribution in [-0.4, -0.2) is 24.0 Å². The monoisotopic (exact) mass is 275 g/mol. The van der Waals surface area contributed by atoms with E-state index >= 15 is 0 Å². The van der Waals surface area contributed by atoms with Gasteiger partial charge in [0.25, 0.3) is 5.91 Å². The summed E-state index contributed by atoms with van der Waals surface area (Å²) in [4.78, 5) is 16.2. The van der Waals surface area contributed by atoms with E-state index in [-0.39, 0.29) is 5.91 Å². The van der Waals surface area contributed by atoms with Crippen molar-refractivity contribution in [1.29, 1.82) is 0 Å². The molecule has 4 rings (SSSR count). The molecular weight excluding hydrogens is 257 g/mol. The molecule has 1 amide bonds. The molecule has 2 N–H and O–H groups in total. The fourth-order valence-electron chi connectivity index (χ4n) is 4.56. The van der Waals surface area contributed by atoms with Gasteiger partial charge in [-0.3, -0.25) is 4.79 Å². The van der Waals surface area contributed by atoms with E-state index in [2.05, 4.69) is 15.6 Å². The first-order valence-corrected chi connectivity index (χ1v) is 7.33. The summed E-state index contributed by atoms with van der Waals surface area (Å²) < 4.78 is 13.3. The quantitative estimate of drug-likeness (QED) is 0.887. The zero-order valence-electron chi connectivity index (χ0n) is 11.4. The highest BCUT2D eigenvalue weighted by Gasteiger charge is 2.65. The van der Waals surface area contributed by atoms with E-state index in [1.54, 1.807) is 7.05 Å². The van der Waals surface area contributed by atoms with Crippen molar-refractivity contribution >= 4 is 11.7 Å². The highest BCUT2D eigenvalue weighted by molar-refractivity contribution is 5.99. The van der Waals surface area contributed by atoms with E-state index in [1.165, 1.54) is 25.3 Å². The molecule has 0 radical (unpaired) electrons. The molecule has 0 saturated heterocycles. The van der Waals surface area contributed by atoms with Gasteiger partial charge in [0.05, 0.1) is 11.8 Å². The first-order chi connectivity index (χ1) is 9.69. The molecule has 5 heteroatoms. The van der Waals surface area contributed by atoms with Crippen LogP contribution >= 0.6 is 0 Å². The van der Waals surface area contributed by atoms with Crippen LogP contribution in [-0.2, 0) is 0 Å². The molecule has 3 aliphatic carbocycles. The molecule has 3 saturated carbocycles. The number of fused-ring (bicyclic) bond motifs is 5. The first kappa shape index (κ1) is 12.1. The van der Waals surface area contributed by atoms with Crippen molar-refractivity contribution < 1.29 is 9.18 Å². The van der Waals surface area contributed by atoms with Crippen molar-refractivity contribution in [3.05, 3.63) is 23.6 Å². The summed E-state index contributed by atoms with van der Waals surface area (Å²) in [7, 11) is 1.68. The van der Waals surface area contributed by atoms with Crippen molar-refractivity contribution in [1.82, 2.24) is 10.3 Å². The van der Waals surface area contributed by atoms with Crippen LogP contribution in [0.5, 0.6) is 0 Å². The Morgan fingerprint density at radius 2 is 2.05 bits per heavy atom. The lowest BCUT2D eigenvalue weighted by Gasteiger charge is -2.12. The number of nitrogens with zero attached hydrogens (tertiary/aromatic N) is 1. The van der Waals surface area contributed by atoms with E-state index in [0.717, 1.165) is 18.0 Å². The predicted molar refractivity (Wildman–Crippen MR) is 72.8 cm³/mol. The highest BCUT2D eigenvalue weighted by Crippen LogP contribution is 2.65. The third-order valence-electron chi connectivity index (χ3n) is 5.37. The summed E-state index contributed by atoms with van der Waals surface area (Å²) in [5.41, 5.74) is 0.296. The molecule has 1 aromatic heterocycles. The average Bonchev–Trinajstić information content (AvgIpc) is 2.84. The molecule has 0 spiro atoms. The number of hydrogen-bond acceptors (Lipinski definition) is 3. The third kappa shape index (κ3) is 1.65. The van der Waals surface area contributed by atoms with Gasteiger partial charge in [0, 0.05) is 13.1 Å². The normalized spacial score (nSPS) is 36.6. The van der Waals surface area contributed by atoms with Gasteiger partial charge in [-0.25, -0.2) is 9.37 Å². The number of hydrogen-bond donors (Lipinski definition) is 2. The van der Waals surface area contributed by atoms with Gasteiger partial charge in [-0.15, -0.1) is 0 Å². The number of pyridine rings is 1. The second kappa shape index (κ2) is 4.17. The maximum Gasteiger partial charge on any atom is 0.255 e. The number of halogens is 1. The molecular formula is C15H18FN3O. The summed E-state index contributed by atoms with van der Waals surface area (Å²) >= 11 is 0. The molecule has 1 heterocycles. The molecule has 4 unspecified atom stereocenters. The summed E-state index contributed by atoms with van der Waals surface area (Å²) in [6.45, 7) is 0. The Morgan fingerprint density at radius 3 is 2.70 bits per heavy atom. The average molecular weight is 275 g/mol. The third-order valence-corrected chi connectivity index (χ3v) is 5.37. The van der Waals surface area contributed by atoms with E-state index in [4.69, 9.17) is 0 Å². The SMILES string of the molecule is CNc1ncc(F)cc1C(=O)NC1C2C3CCC(C3)C12. The Hall–Kier alpha value is -1.65. The second-order valence-electron chi connectivity index (χ2n) is 6.29. The lowest BCUT2D eigenvalue weighted by molar-refractivity contribution is 0.0944. The smallest absolute Gasteiger partial charge is 0.255 e. The number of carbonyl (C=O) groups excluding carboxylic acids is 1. The minimum atomic E-state index is -0.481. The Labute approximate surface area is 117 Å². The van der Waals surface area contributed by atoms with Crippen LogP contribution in [0.1, 0.15) is 29.6 Å². The molecule has 4 atom stereocenters. The molecule has 106 valence electrons. The number of aromatic nitrogens is 1. The molecule has 3 aliphatic rings. The maximum atomic E-state index is 13.3. The van der Waals surface area contributed by atoms with Crippen LogP contribution in [0.4, 0.5) is 10.2 Å². The fraction of sp³-hybridized carbons (Fsp3) is 0.600. The number of rotatable bonds is 3. The molecule has 2 bridgehead atoms. The van der Waals surface area contributed by atoms with E-state index < -0.39 is 5.82 Å². The predicted octanol–water partition coefficient (Wildman–Crippen LogP) is 2.04. The van der Waals surface area contributed by atoms with E-state index in [1.807, 2.05) is 0 Å². The Balaban J connectivity index is 1.50. The molecule has 20 heavy (non-hydrogen) atoms. The fourth-order valence-corrected chi connectivity index (χ4v) is 4.56. The van der Waals surface area contributed by atoms with Crippen molar-refractivity contribution in [3.63, 3.8) is 0 Å². The van der Waals surface area contributed by atoms with Crippen molar-refractivity contribution in [2.24, 2.45) is 23.7 Å². The van der Waals surface area contributed by atoms with Crippen LogP contribution in [0.15, 0.2) is 12.3 Å². The van der Waals surface area contributed by atoms with Gasteiger partial charge >= 0.3 is 0 Å². The number of carbonyl (C=O) groups is 1. The number of amides is 1. The number of anilines is 1. The molecule has 4 nitrogen and oxygen atoms in total. The first-order valence-electron chi connectivity index (χ1n) is 7.33. The Morgan fingerprint density at radius 1 is 1.35 bits per heavy atom. The minimum absolute atomic E-state index is 0.208. The lowest BCUT2D eigenvalue weighted by atomic mass is 10.0. The summed E-state index contributed by atoms with van der Waals surface area (Å²) in [5.74, 6) is 2.71. The number of nitrogens with one attached hydrogen (secondary N) is 2. The molecule has 1 aromatic rings. The zero-order chi connectivity index (χ0) is 13.9. The van der Waals surface area contributed by atoms with Gasteiger partial charge in [0.15, 0.2) is 0 Å². The topological polar surface area (TPSA) is 54.0 Å². The summed E-state index contributed by atoms with van der Waals surface area (Å²) in [6, 6.07) is 1.56. The Bertz CT molecular complexity index is 560. The van der Waals surface area contributed by atoms with E-state index in [9.17, 15) is 9.18 Å². The molecule has 3 fully saturated rings. The van der Waals surface area contributed by atoms with Gasteiger partial charge < -0.3 is 10.6 Å². The minimum Gasteiger partial charge on any atom is -0.372 e. The van der Waals surface area contributed by atoms with E-state index in [0.29, 0.717) is 29.3 Å². The van der Waals surface area contributed by atoms with Gasteiger partial charge in [-0.2, -0.15) is 0 Å². The van der Waals surface area contributed by atoms with Gasteiger partial charge in [0.1, 0.15) is 11.6 Å². The zero-order valence-corrected chi connectivity index (χ0v) is 11.4. The maximum absolute atomic E-state index is 13.3. The van der Waals surface area contributed by atoms with Crippen LogP contribution in [0.25, 0.3) is 0 Å². The molecule has 0 aromatic carbocycles. The van der Waals surface area contributed by atoms with Crippen LogP contribution < -0.4 is 10.6 Å². The standard InChI is InChI=1S/C15H18FN3O/c1-17-14-10(5-9(16)6-18-14)15(20)19-13-11-7-2-3-8(4-7)12(11)13/h5-8,11-13H,2-4H2,1H3,(H,17,18)(H,19,20). The van der Waals surface area contributed by atoms with Crippen molar-refractivity contribution in [2.75, 3.05) is 12.4 Å². The largest absolute Gasteiger partial charge is 0.372 e. The van der Waals surface area contributed by atoms with Crippen LogP contribution in [0.3, 0.4) is 0 Å².